The molecule has 2 amide bonds. The molecule has 0 radical (unpaired) electrons. The molecular weight excluding hydrogens is 410 g/mol. The minimum absolute atomic E-state index is 0.0672. The first-order valence-corrected chi connectivity index (χ1v) is 11.1. The van der Waals surface area contributed by atoms with Gasteiger partial charge in [-0.2, -0.15) is 0 Å². The first-order valence-electron chi connectivity index (χ1n) is 10.7. The van der Waals surface area contributed by atoms with Gasteiger partial charge in [0.15, 0.2) is 5.11 Å². The molecule has 0 aliphatic heterocycles. The molecule has 2 aromatic carbocycles. The molecule has 7 heteroatoms. The van der Waals surface area contributed by atoms with Crippen molar-refractivity contribution >= 4 is 40.5 Å². The van der Waals surface area contributed by atoms with Crippen LogP contribution in [-0.2, 0) is 4.79 Å². The van der Waals surface area contributed by atoms with E-state index in [1.807, 2.05) is 31.2 Å². The molecule has 166 valence electrons. The number of hydrogen-bond donors (Lipinski definition) is 3. The molecule has 0 atom stereocenters. The van der Waals surface area contributed by atoms with E-state index in [-0.39, 0.29) is 16.9 Å². The summed E-state index contributed by atoms with van der Waals surface area (Å²) < 4.78 is 5.82. The van der Waals surface area contributed by atoms with Crippen LogP contribution < -0.4 is 20.7 Å². The summed E-state index contributed by atoms with van der Waals surface area (Å²) in [5.74, 6) is 0.136. The minimum Gasteiger partial charge on any atom is -0.493 e. The highest BCUT2D eigenvalue weighted by molar-refractivity contribution is 7.80. The number of anilines is 2. The van der Waals surface area contributed by atoms with E-state index >= 15 is 0 Å². The monoisotopic (exact) mass is 441 g/mol. The van der Waals surface area contributed by atoms with Crippen molar-refractivity contribution in [1.82, 2.24) is 5.32 Å². The van der Waals surface area contributed by atoms with Crippen LogP contribution in [0, 0.1) is 6.92 Å². The van der Waals surface area contributed by atoms with E-state index in [1.165, 1.54) is 6.42 Å². The summed E-state index contributed by atoms with van der Waals surface area (Å²) in [6.45, 7) is 6.41. The third kappa shape index (κ3) is 7.68. The van der Waals surface area contributed by atoms with Crippen molar-refractivity contribution in [3.63, 3.8) is 0 Å². The van der Waals surface area contributed by atoms with Gasteiger partial charge in [-0.05, 0) is 55.4 Å². The Morgan fingerprint density at radius 2 is 1.65 bits per heavy atom. The Bertz CT molecular complexity index is 915. The van der Waals surface area contributed by atoms with Crippen molar-refractivity contribution < 1.29 is 14.3 Å². The Morgan fingerprint density at radius 3 is 2.35 bits per heavy atom. The molecule has 0 aromatic heterocycles. The third-order valence-electron chi connectivity index (χ3n) is 4.79. The van der Waals surface area contributed by atoms with Gasteiger partial charge in [0, 0.05) is 17.8 Å². The number of carbonyl (C=O) groups is 2. The Labute approximate surface area is 189 Å². The van der Waals surface area contributed by atoms with Crippen LogP contribution in [0.4, 0.5) is 11.4 Å². The van der Waals surface area contributed by atoms with Gasteiger partial charge >= 0.3 is 0 Å². The molecule has 0 aliphatic carbocycles. The standard InChI is InChI=1S/C24H31N3O3S/c1-4-6-7-10-16-30-21-15-9-8-12-18(21)23(29)27-24(31)26-20-14-11-13-19(17(20)3)25-22(28)5-2/h8-9,11-15H,4-7,10,16H2,1-3H3,(H,25,28)(H2,26,27,29,31). The molecule has 0 unspecified atom stereocenters. The van der Waals surface area contributed by atoms with Crippen LogP contribution in [-0.4, -0.2) is 23.5 Å². The molecule has 31 heavy (non-hydrogen) atoms. The zero-order valence-electron chi connectivity index (χ0n) is 18.4. The van der Waals surface area contributed by atoms with E-state index in [9.17, 15) is 9.59 Å². The van der Waals surface area contributed by atoms with Crippen LogP contribution in [0.15, 0.2) is 42.5 Å². The van der Waals surface area contributed by atoms with Gasteiger partial charge in [-0.15, -0.1) is 0 Å². The molecule has 6 nitrogen and oxygen atoms in total. The number of thiocarbonyl (C=S) groups is 1. The van der Waals surface area contributed by atoms with Crippen molar-refractivity contribution in [2.24, 2.45) is 0 Å². The average molecular weight is 442 g/mol. The number of rotatable bonds is 10. The summed E-state index contributed by atoms with van der Waals surface area (Å²) in [5, 5.41) is 8.77. The Kier molecular flexibility index (Phi) is 9.97. The lowest BCUT2D eigenvalue weighted by Gasteiger charge is -2.16. The summed E-state index contributed by atoms with van der Waals surface area (Å²) in [6.07, 6.45) is 4.79. The Morgan fingerprint density at radius 1 is 0.935 bits per heavy atom. The molecule has 3 N–H and O–H groups in total. The van der Waals surface area contributed by atoms with Crippen molar-refractivity contribution in [2.75, 3.05) is 17.2 Å². The van der Waals surface area contributed by atoms with Gasteiger partial charge in [-0.1, -0.05) is 51.3 Å². The molecule has 0 aliphatic rings. The predicted molar refractivity (Wildman–Crippen MR) is 130 cm³/mol. The number of para-hydroxylation sites is 1. The van der Waals surface area contributed by atoms with Crippen molar-refractivity contribution in [2.45, 2.75) is 52.9 Å². The second-order valence-electron chi connectivity index (χ2n) is 7.19. The maximum atomic E-state index is 12.8. The fourth-order valence-electron chi connectivity index (χ4n) is 2.96. The van der Waals surface area contributed by atoms with E-state index in [0.29, 0.717) is 35.7 Å². The predicted octanol–water partition coefficient (Wildman–Crippen LogP) is 5.43. The average Bonchev–Trinajstić information content (AvgIpc) is 2.76. The van der Waals surface area contributed by atoms with Crippen LogP contribution in [0.5, 0.6) is 5.75 Å². The highest BCUT2D eigenvalue weighted by Gasteiger charge is 2.14. The molecule has 0 spiro atoms. The number of nitrogens with one attached hydrogen (secondary N) is 3. The number of amides is 2. The van der Waals surface area contributed by atoms with Gasteiger partial charge in [0.2, 0.25) is 5.91 Å². The van der Waals surface area contributed by atoms with Crippen LogP contribution in [0.3, 0.4) is 0 Å². The SMILES string of the molecule is CCCCCCOc1ccccc1C(=O)NC(=S)Nc1cccc(NC(=O)CC)c1C. The second kappa shape index (κ2) is 12.7. The summed E-state index contributed by atoms with van der Waals surface area (Å²) in [6, 6.07) is 12.6. The molecule has 2 rings (SSSR count). The third-order valence-corrected chi connectivity index (χ3v) is 5.00. The highest BCUT2D eigenvalue weighted by Crippen LogP contribution is 2.24. The number of unbranched alkanes of at least 4 members (excludes halogenated alkanes) is 3. The smallest absolute Gasteiger partial charge is 0.261 e. The number of hydrogen-bond acceptors (Lipinski definition) is 4. The lowest BCUT2D eigenvalue weighted by molar-refractivity contribution is -0.115. The zero-order valence-corrected chi connectivity index (χ0v) is 19.2. The largest absolute Gasteiger partial charge is 0.493 e. The van der Waals surface area contributed by atoms with Crippen molar-refractivity contribution in [3.05, 3.63) is 53.6 Å². The van der Waals surface area contributed by atoms with E-state index in [0.717, 1.165) is 24.8 Å². The highest BCUT2D eigenvalue weighted by atomic mass is 32.1. The van der Waals surface area contributed by atoms with Gasteiger partial charge in [-0.3, -0.25) is 14.9 Å². The normalized spacial score (nSPS) is 10.3. The van der Waals surface area contributed by atoms with Gasteiger partial charge in [0.1, 0.15) is 5.75 Å². The molecular formula is C24H31N3O3S. The van der Waals surface area contributed by atoms with Gasteiger partial charge in [0.25, 0.3) is 5.91 Å². The summed E-state index contributed by atoms with van der Waals surface area (Å²) in [4.78, 5) is 24.5. The molecule has 2 aromatic rings. The summed E-state index contributed by atoms with van der Waals surface area (Å²) in [7, 11) is 0. The minimum atomic E-state index is -0.338. The lowest BCUT2D eigenvalue weighted by Crippen LogP contribution is -2.34. The van der Waals surface area contributed by atoms with E-state index in [2.05, 4.69) is 22.9 Å². The summed E-state index contributed by atoms with van der Waals surface area (Å²) in [5.41, 5.74) is 2.67. The quantitative estimate of drug-likeness (QED) is 0.338. The Hall–Kier alpha value is -2.93. The van der Waals surface area contributed by atoms with Crippen molar-refractivity contribution in [3.8, 4) is 5.75 Å². The molecule has 0 saturated carbocycles. The number of ether oxygens (including phenoxy) is 1. The topological polar surface area (TPSA) is 79.5 Å². The number of benzene rings is 2. The van der Waals surface area contributed by atoms with E-state index in [4.69, 9.17) is 17.0 Å². The van der Waals surface area contributed by atoms with Crippen LogP contribution in [0.1, 0.15) is 61.9 Å². The fraction of sp³-hybridized carbons (Fsp3) is 0.375. The molecule has 0 heterocycles. The van der Waals surface area contributed by atoms with E-state index < -0.39 is 0 Å². The van der Waals surface area contributed by atoms with Crippen LogP contribution in [0.25, 0.3) is 0 Å². The van der Waals surface area contributed by atoms with E-state index in [1.54, 1.807) is 25.1 Å². The van der Waals surface area contributed by atoms with Gasteiger partial charge < -0.3 is 15.4 Å². The van der Waals surface area contributed by atoms with Crippen LogP contribution in [0.2, 0.25) is 0 Å². The fourth-order valence-corrected chi connectivity index (χ4v) is 3.16. The second-order valence-corrected chi connectivity index (χ2v) is 7.60. The first-order chi connectivity index (χ1) is 15.0. The molecule has 0 fully saturated rings. The van der Waals surface area contributed by atoms with Gasteiger partial charge in [0.05, 0.1) is 12.2 Å². The summed E-state index contributed by atoms with van der Waals surface area (Å²) >= 11 is 5.33. The zero-order chi connectivity index (χ0) is 22.6. The molecule has 0 bridgehead atoms. The first kappa shape index (κ1) is 24.3. The number of carbonyl (C=O) groups excluding carboxylic acids is 2. The molecule has 0 saturated heterocycles. The van der Waals surface area contributed by atoms with Crippen molar-refractivity contribution in [1.29, 1.82) is 0 Å². The Balaban J connectivity index is 2.00. The van der Waals surface area contributed by atoms with Crippen LogP contribution >= 0.6 is 12.2 Å². The lowest BCUT2D eigenvalue weighted by atomic mass is 10.1. The maximum absolute atomic E-state index is 12.8. The maximum Gasteiger partial charge on any atom is 0.261 e. The van der Waals surface area contributed by atoms with Gasteiger partial charge in [-0.25, -0.2) is 0 Å².